The molecule has 0 atom stereocenters. The van der Waals surface area contributed by atoms with Crippen molar-refractivity contribution in [2.75, 3.05) is 13.1 Å². The summed E-state index contributed by atoms with van der Waals surface area (Å²) in [5, 5.41) is 4.19. The van der Waals surface area contributed by atoms with Crippen LogP contribution in [0.4, 0.5) is 0 Å². The van der Waals surface area contributed by atoms with Crippen LogP contribution in [0.5, 0.6) is 0 Å². The number of rotatable bonds is 0. The largest absolute Gasteiger partial charge is 0.316 e. The minimum atomic E-state index is 0.736. The van der Waals surface area contributed by atoms with Gasteiger partial charge in [-0.2, -0.15) is 0 Å². The molecule has 1 aliphatic carbocycles. The Morgan fingerprint density at radius 2 is 1.73 bits per heavy atom. The van der Waals surface area contributed by atoms with Gasteiger partial charge >= 0.3 is 0 Å². The Labute approximate surface area is 136 Å². The molecular formula is C19H19ClN2. The van der Waals surface area contributed by atoms with Gasteiger partial charge in [-0.15, -0.1) is 0 Å². The molecular weight excluding hydrogens is 292 g/mol. The summed E-state index contributed by atoms with van der Waals surface area (Å²) in [4.78, 5) is 4.72. The zero-order valence-corrected chi connectivity index (χ0v) is 13.3. The number of hydrogen-bond acceptors (Lipinski definition) is 2. The summed E-state index contributed by atoms with van der Waals surface area (Å²) in [7, 11) is 0. The van der Waals surface area contributed by atoms with E-state index in [4.69, 9.17) is 16.6 Å². The summed E-state index contributed by atoms with van der Waals surface area (Å²) in [6, 6.07) is 10.9. The molecule has 4 rings (SSSR count). The summed E-state index contributed by atoms with van der Waals surface area (Å²) in [6.45, 7) is 2.12. The third-order valence-electron chi connectivity index (χ3n) is 4.68. The predicted molar refractivity (Wildman–Crippen MR) is 91.2 cm³/mol. The molecule has 0 amide bonds. The van der Waals surface area contributed by atoms with E-state index >= 15 is 0 Å². The monoisotopic (exact) mass is 310 g/mol. The summed E-state index contributed by atoms with van der Waals surface area (Å²) < 4.78 is 0. The first-order valence-corrected chi connectivity index (χ1v) is 8.36. The first-order chi connectivity index (χ1) is 10.8. The van der Waals surface area contributed by atoms with Crippen molar-refractivity contribution < 1.29 is 0 Å². The number of piperidine rings is 1. The molecule has 22 heavy (non-hydrogen) atoms. The van der Waals surface area contributed by atoms with Crippen LogP contribution < -0.4 is 5.32 Å². The minimum Gasteiger partial charge on any atom is -0.316 e. The molecule has 2 nitrogen and oxygen atoms in total. The van der Waals surface area contributed by atoms with Crippen molar-refractivity contribution in [3.05, 3.63) is 69.5 Å². The summed E-state index contributed by atoms with van der Waals surface area (Å²) in [5.74, 6) is 0. The van der Waals surface area contributed by atoms with Gasteiger partial charge in [-0.05, 0) is 61.5 Å². The molecule has 2 aromatic rings. The normalized spacial score (nSPS) is 17.7. The second-order valence-corrected chi connectivity index (χ2v) is 6.48. The number of halogens is 1. The van der Waals surface area contributed by atoms with Gasteiger partial charge < -0.3 is 5.32 Å². The Hall–Kier alpha value is -1.64. The number of benzene rings is 1. The third kappa shape index (κ3) is 2.47. The van der Waals surface area contributed by atoms with Crippen molar-refractivity contribution in [3.63, 3.8) is 0 Å². The Bertz CT molecular complexity index is 741. The van der Waals surface area contributed by atoms with Crippen molar-refractivity contribution in [3.8, 4) is 0 Å². The Kier molecular flexibility index (Phi) is 3.73. The van der Waals surface area contributed by atoms with E-state index in [0.717, 1.165) is 49.5 Å². The average Bonchev–Trinajstić information content (AvgIpc) is 2.72. The maximum absolute atomic E-state index is 6.19. The van der Waals surface area contributed by atoms with E-state index in [2.05, 4.69) is 35.6 Å². The quantitative estimate of drug-likeness (QED) is 0.795. The van der Waals surface area contributed by atoms with E-state index in [1.165, 1.54) is 27.8 Å². The highest BCUT2D eigenvalue weighted by molar-refractivity contribution is 6.30. The van der Waals surface area contributed by atoms with Crippen LogP contribution in [0, 0.1) is 0 Å². The molecule has 1 aromatic carbocycles. The van der Waals surface area contributed by atoms with E-state index < -0.39 is 0 Å². The molecule has 3 heteroatoms. The fraction of sp³-hybridized carbons (Fsp3) is 0.316. The van der Waals surface area contributed by atoms with Gasteiger partial charge in [0.05, 0.1) is 10.7 Å². The highest BCUT2D eigenvalue weighted by Gasteiger charge is 2.23. The Morgan fingerprint density at radius 1 is 0.955 bits per heavy atom. The average molecular weight is 311 g/mol. The van der Waals surface area contributed by atoms with Crippen LogP contribution in [0.2, 0.25) is 5.02 Å². The second kappa shape index (κ2) is 5.86. The first-order valence-electron chi connectivity index (χ1n) is 7.99. The SMILES string of the molecule is Clc1cnc2c(c1)CCc1ccccc1C2=C1CCNCC1. The second-order valence-electron chi connectivity index (χ2n) is 6.05. The molecule has 1 saturated heterocycles. The lowest BCUT2D eigenvalue weighted by molar-refractivity contribution is 0.611. The molecule has 0 radical (unpaired) electrons. The number of aryl methyl sites for hydroxylation is 2. The maximum atomic E-state index is 6.19. The van der Waals surface area contributed by atoms with Gasteiger partial charge in [0, 0.05) is 11.8 Å². The van der Waals surface area contributed by atoms with E-state index in [1.807, 2.05) is 0 Å². The topological polar surface area (TPSA) is 24.9 Å². The maximum Gasteiger partial charge on any atom is 0.0740 e. The zero-order valence-electron chi connectivity index (χ0n) is 12.5. The molecule has 1 fully saturated rings. The lowest BCUT2D eigenvalue weighted by Crippen LogP contribution is -2.24. The molecule has 2 aliphatic rings. The van der Waals surface area contributed by atoms with Crippen molar-refractivity contribution in [2.45, 2.75) is 25.7 Å². The van der Waals surface area contributed by atoms with Crippen LogP contribution in [0.1, 0.15) is 35.2 Å². The standard InChI is InChI=1S/C19H19ClN2/c20-16-11-15-6-5-13-3-1-2-4-17(13)18(19(15)22-12-16)14-7-9-21-10-8-14/h1-4,11-12,21H,5-10H2. The molecule has 1 aliphatic heterocycles. The molecule has 1 aromatic heterocycles. The van der Waals surface area contributed by atoms with E-state index in [9.17, 15) is 0 Å². The van der Waals surface area contributed by atoms with Crippen LogP contribution >= 0.6 is 11.6 Å². The van der Waals surface area contributed by atoms with Gasteiger partial charge in [-0.25, -0.2) is 0 Å². The highest BCUT2D eigenvalue weighted by atomic mass is 35.5. The van der Waals surface area contributed by atoms with Crippen LogP contribution in [-0.4, -0.2) is 18.1 Å². The van der Waals surface area contributed by atoms with Crippen molar-refractivity contribution >= 4 is 17.2 Å². The number of nitrogens with one attached hydrogen (secondary N) is 1. The third-order valence-corrected chi connectivity index (χ3v) is 4.89. The van der Waals surface area contributed by atoms with Crippen LogP contribution in [0.25, 0.3) is 5.57 Å². The van der Waals surface area contributed by atoms with E-state index in [-0.39, 0.29) is 0 Å². The number of pyridine rings is 1. The Balaban J connectivity index is 1.98. The van der Waals surface area contributed by atoms with Gasteiger partial charge in [0.1, 0.15) is 0 Å². The lowest BCUT2D eigenvalue weighted by atomic mass is 9.89. The fourth-order valence-electron chi connectivity index (χ4n) is 3.61. The fourth-order valence-corrected chi connectivity index (χ4v) is 3.79. The van der Waals surface area contributed by atoms with Crippen LogP contribution in [-0.2, 0) is 12.8 Å². The smallest absolute Gasteiger partial charge is 0.0740 e. The number of nitrogens with zero attached hydrogens (tertiary/aromatic N) is 1. The summed E-state index contributed by atoms with van der Waals surface area (Å²) in [5.41, 5.74) is 8.12. The van der Waals surface area contributed by atoms with Gasteiger partial charge in [0.2, 0.25) is 0 Å². The van der Waals surface area contributed by atoms with Gasteiger partial charge in [0.25, 0.3) is 0 Å². The highest BCUT2D eigenvalue weighted by Crippen LogP contribution is 2.37. The van der Waals surface area contributed by atoms with Crippen molar-refractivity contribution in [2.24, 2.45) is 0 Å². The first kappa shape index (κ1) is 14.0. The molecule has 2 heterocycles. The molecule has 0 spiro atoms. The van der Waals surface area contributed by atoms with Crippen molar-refractivity contribution in [1.29, 1.82) is 0 Å². The predicted octanol–water partition coefficient (Wildman–Crippen LogP) is 4.02. The summed E-state index contributed by atoms with van der Waals surface area (Å²) >= 11 is 6.19. The molecule has 0 saturated carbocycles. The van der Waals surface area contributed by atoms with E-state index in [0.29, 0.717) is 0 Å². The molecule has 0 unspecified atom stereocenters. The van der Waals surface area contributed by atoms with Gasteiger partial charge in [0.15, 0.2) is 0 Å². The molecule has 112 valence electrons. The van der Waals surface area contributed by atoms with Crippen molar-refractivity contribution in [1.82, 2.24) is 10.3 Å². The van der Waals surface area contributed by atoms with Crippen LogP contribution in [0.15, 0.2) is 42.1 Å². The molecule has 0 bridgehead atoms. The molecule has 1 N–H and O–H groups in total. The zero-order chi connectivity index (χ0) is 14.9. The summed E-state index contributed by atoms with van der Waals surface area (Å²) in [6.07, 6.45) is 6.06. The van der Waals surface area contributed by atoms with E-state index in [1.54, 1.807) is 6.20 Å². The minimum absolute atomic E-state index is 0.736. The van der Waals surface area contributed by atoms with Crippen LogP contribution in [0.3, 0.4) is 0 Å². The lowest BCUT2D eigenvalue weighted by Gasteiger charge is -2.21. The van der Waals surface area contributed by atoms with Gasteiger partial charge in [-0.3, -0.25) is 4.98 Å². The number of hydrogen-bond donors (Lipinski definition) is 1. The number of aromatic nitrogens is 1. The van der Waals surface area contributed by atoms with Gasteiger partial charge in [-0.1, -0.05) is 41.4 Å². The Morgan fingerprint density at radius 3 is 2.59 bits per heavy atom. The number of fused-ring (bicyclic) bond motifs is 2.